The fraction of sp³-hybridized carbons (Fsp3) is 0.706. The van der Waals surface area contributed by atoms with Gasteiger partial charge in [0.05, 0.1) is 17.7 Å². The average Bonchev–Trinajstić information content (AvgIpc) is 3.09. The van der Waals surface area contributed by atoms with Gasteiger partial charge in [0, 0.05) is 39.3 Å². The number of hydrogen-bond acceptors (Lipinski definition) is 5. The van der Waals surface area contributed by atoms with Crippen molar-refractivity contribution in [3.05, 3.63) is 16.1 Å². The molecular weight excluding hydrogens is 520 g/mol. The Morgan fingerprint density at radius 3 is 2.48 bits per heavy atom. The van der Waals surface area contributed by atoms with Crippen LogP contribution in [0.15, 0.2) is 10.5 Å². The maximum atomic E-state index is 12.9. The Kier molecular flexibility index (Phi) is 10.6. The van der Waals surface area contributed by atoms with E-state index in [-0.39, 0.29) is 29.9 Å². The molecule has 0 saturated carbocycles. The van der Waals surface area contributed by atoms with Gasteiger partial charge in [0.15, 0.2) is 5.96 Å². The Bertz CT molecular complexity index is 676. The Morgan fingerprint density at radius 2 is 1.97 bits per heavy atom. The van der Waals surface area contributed by atoms with Gasteiger partial charge in [-0.1, -0.05) is 0 Å². The van der Waals surface area contributed by atoms with Crippen molar-refractivity contribution in [2.45, 2.75) is 33.0 Å². The minimum atomic E-state index is -4.21. The maximum absolute atomic E-state index is 12.9. The first-order chi connectivity index (χ1) is 13.2. The molecule has 1 aromatic heterocycles. The van der Waals surface area contributed by atoms with E-state index in [1.807, 2.05) is 11.8 Å². The summed E-state index contributed by atoms with van der Waals surface area (Å²) in [6, 6.07) is -1.44. The standard InChI is InChI=1S/C17H27F3N6OS.HI/c1-4-21-16(23-6-5-22-15(27)14-12(2)24-11-28-14)26-9-7-25(8-10-26)13(3)17(18,19)20;/h11,13H,4-10H2,1-3H3,(H,21,23)(H,22,27);1H. The molecule has 1 aromatic rings. The number of aliphatic imine (C=N–C) groups is 1. The molecule has 2 N–H and O–H groups in total. The van der Waals surface area contributed by atoms with Crippen LogP contribution in [0.2, 0.25) is 0 Å². The van der Waals surface area contributed by atoms with Crippen molar-refractivity contribution in [3.8, 4) is 0 Å². The zero-order valence-electron chi connectivity index (χ0n) is 16.8. The van der Waals surface area contributed by atoms with Crippen molar-refractivity contribution in [2.75, 3.05) is 45.8 Å². The molecule has 1 unspecified atom stereocenters. The summed E-state index contributed by atoms with van der Waals surface area (Å²) in [5, 5.41) is 5.98. The van der Waals surface area contributed by atoms with Gasteiger partial charge in [0.25, 0.3) is 5.91 Å². The number of aryl methyl sites for hydroxylation is 1. The monoisotopic (exact) mass is 548 g/mol. The SMILES string of the molecule is CCNC(=NCCNC(=O)c1scnc1C)N1CCN(C(C)C(F)(F)F)CC1.I. The van der Waals surface area contributed by atoms with Gasteiger partial charge < -0.3 is 15.5 Å². The molecule has 0 spiro atoms. The number of guanidine groups is 1. The van der Waals surface area contributed by atoms with Crippen molar-refractivity contribution in [1.29, 1.82) is 0 Å². The van der Waals surface area contributed by atoms with Gasteiger partial charge in [0.1, 0.15) is 10.9 Å². The van der Waals surface area contributed by atoms with Gasteiger partial charge in [0.2, 0.25) is 0 Å². The highest BCUT2D eigenvalue weighted by Crippen LogP contribution is 2.25. The Morgan fingerprint density at radius 1 is 1.31 bits per heavy atom. The van der Waals surface area contributed by atoms with E-state index in [4.69, 9.17) is 0 Å². The van der Waals surface area contributed by atoms with Crippen LogP contribution in [0.5, 0.6) is 0 Å². The van der Waals surface area contributed by atoms with E-state index in [0.29, 0.717) is 62.3 Å². The minimum Gasteiger partial charge on any atom is -0.357 e. The number of halogens is 4. The Balaban J connectivity index is 0.00000420. The van der Waals surface area contributed by atoms with Crippen molar-refractivity contribution in [3.63, 3.8) is 0 Å². The summed E-state index contributed by atoms with van der Waals surface area (Å²) in [7, 11) is 0. The smallest absolute Gasteiger partial charge is 0.357 e. The van der Waals surface area contributed by atoms with Gasteiger partial charge in [-0.3, -0.25) is 14.7 Å². The van der Waals surface area contributed by atoms with Crippen molar-refractivity contribution >= 4 is 47.2 Å². The molecule has 1 atom stereocenters. The number of carbonyl (C=O) groups excluding carboxylic acids is 1. The number of rotatable bonds is 6. The molecule has 1 amide bonds. The summed E-state index contributed by atoms with van der Waals surface area (Å²) < 4.78 is 38.6. The molecule has 2 rings (SSSR count). The van der Waals surface area contributed by atoms with E-state index in [2.05, 4.69) is 20.6 Å². The molecule has 0 bridgehead atoms. The number of nitrogens with one attached hydrogen (secondary N) is 2. The summed E-state index contributed by atoms with van der Waals surface area (Å²) in [5.41, 5.74) is 2.33. The molecular formula is C17H28F3IN6OS. The van der Waals surface area contributed by atoms with Crippen molar-refractivity contribution < 1.29 is 18.0 Å². The summed E-state index contributed by atoms with van der Waals surface area (Å²) in [5.74, 6) is 0.486. The molecule has 7 nitrogen and oxygen atoms in total. The zero-order chi connectivity index (χ0) is 20.7. The largest absolute Gasteiger partial charge is 0.403 e. The lowest BCUT2D eigenvalue weighted by molar-refractivity contribution is -0.181. The fourth-order valence-corrected chi connectivity index (χ4v) is 3.60. The van der Waals surface area contributed by atoms with Crippen molar-refractivity contribution in [1.82, 2.24) is 25.4 Å². The molecule has 1 fully saturated rings. The normalized spacial score (nSPS) is 16.9. The highest BCUT2D eigenvalue weighted by Gasteiger charge is 2.41. The third kappa shape index (κ3) is 7.55. The van der Waals surface area contributed by atoms with Crippen LogP contribution in [0, 0.1) is 6.92 Å². The number of alkyl halides is 3. The van der Waals surface area contributed by atoms with Gasteiger partial charge in [-0.15, -0.1) is 35.3 Å². The fourth-order valence-electron chi connectivity index (χ4n) is 2.89. The van der Waals surface area contributed by atoms with E-state index in [0.717, 1.165) is 0 Å². The average molecular weight is 548 g/mol. The Hall–Kier alpha value is -1.15. The minimum absolute atomic E-state index is 0. The van der Waals surface area contributed by atoms with Crippen LogP contribution in [-0.4, -0.2) is 84.7 Å². The highest BCUT2D eigenvalue weighted by molar-refractivity contribution is 14.0. The van der Waals surface area contributed by atoms with Crippen LogP contribution in [0.3, 0.4) is 0 Å². The van der Waals surface area contributed by atoms with Crippen LogP contribution in [0.4, 0.5) is 13.2 Å². The molecule has 2 heterocycles. The van der Waals surface area contributed by atoms with Crippen LogP contribution in [0.25, 0.3) is 0 Å². The lowest BCUT2D eigenvalue weighted by Crippen LogP contribution is -2.56. The zero-order valence-corrected chi connectivity index (χ0v) is 19.9. The van der Waals surface area contributed by atoms with Crippen LogP contribution < -0.4 is 10.6 Å². The lowest BCUT2D eigenvalue weighted by atomic mass is 10.2. The van der Waals surface area contributed by atoms with Gasteiger partial charge in [-0.25, -0.2) is 4.98 Å². The molecule has 0 aliphatic carbocycles. The third-order valence-corrected chi connectivity index (χ3v) is 5.51. The van der Waals surface area contributed by atoms with E-state index < -0.39 is 12.2 Å². The van der Waals surface area contributed by atoms with Gasteiger partial charge in [-0.05, 0) is 20.8 Å². The second-order valence-electron chi connectivity index (χ2n) is 6.50. The summed E-state index contributed by atoms with van der Waals surface area (Å²) >= 11 is 1.29. The van der Waals surface area contributed by atoms with Gasteiger partial charge >= 0.3 is 6.18 Å². The highest BCUT2D eigenvalue weighted by atomic mass is 127. The molecule has 1 aliphatic rings. The maximum Gasteiger partial charge on any atom is 0.403 e. The number of amides is 1. The number of hydrogen-bond donors (Lipinski definition) is 2. The predicted octanol–water partition coefficient (Wildman–Crippen LogP) is 2.33. The molecule has 166 valence electrons. The third-order valence-electron chi connectivity index (χ3n) is 4.58. The van der Waals surface area contributed by atoms with Crippen LogP contribution >= 0.6 is 35.3 Å². The molecule has 1 aliphatic heterocycles. The summed E-state index contributed by atoms with van der Waals surface area (Å²) in [6.07, 6.45) is -4.21. The lowest BCUT2D eigenvalue weighted by Gasteiger charge is -2.39. The molecule has 29 heavy (non-hydrogen) atoms. The second kappa shape index (κ2) is 11.9. The number of thiazole rings is 1. The summed E-state index contributed by atoms with van der Waals surface area (Å²) in [4.78, 5) is 24.6. The topological polar surface area (TPSA) is 72.9 Å². The first-order valence-electron chi connectivity index (χ1n) is 9.26. The summed E-state index contributed by atoms with van der Waals surface area (Å²) in [6.45, 7) is 7.92. The molecule has 12 heteroatoms. The first kappa shape index (κ1) is 25.9. The predicted molar refractivity (Wildman–Crippen MR) is 119 cm³/mol. The number of piperazine rings is 1. The number of nitrogens with zero attached hydrogens (tertiary/aromatic N) is 4. The van der Waals surface area contributed by atoms with Crippen LogP contribution in [0.1, 0.15) is 29.2 Å². The van der Waals surface area contributed by atoms with Crippen molar-refractivity contribution in [2.24, 2.45) is 4.99 Å². The number of carbonyl (C=O) groups is 1. The van der Waals surface area contributed by atoms with E-state index in [1.165, 1.54) is 23.2 Å². The van der Waals surface area contributed by atoms with E-state index in [1.54, 1.807) is 12.4 Å². The quantitative estimate of drug-likeness (QED) is 0.247. The first-order valence-corrected chi connectivity index (χ1v) is 10.1. The van der Waals surface area contributed by atoms with E-state index >= 15 is 0 Å². The molecule has 1 saturated heterocycles. The van der Waals surface area contributed by atoms with E-state index in [9.17, 15) is 18.0 Å². The Labute approximate surface area is 190 Å². The molecule has 0 radical (unpaired) electrons. The van der Waals surface area contributed by atoms with Crippen LogP contribution in [-0.2, 0) is 0 Å². The number of aromatic nitrogens is 1. The molecule has 0 aromatic carbocycles. The second-order valence-corrected chi connectivity index (χ2v) is 7.35. The van der Waals surface area contributed by atoms with Gasteiger partial charge in [-0.2, -0.15) is 13.2 Å².